The van der Waals surface area contributed by atoms with Gasteiger partial charge in [-0.2, -0.15) is 0 Å². The van der Waals surface area contributed by atoms with E-state index in [4.69, 9.17) is 0 Å². The Hall–Kier alpha value is -1.88. The van der Waals surface area contributed by atoms with Crippen LogP contribution in [0.3, 0.4) is 0 Å². The van der Waals surface area contributed by atoms with E-state index >= 15 is 0 Å². The predicted octanol–water partition coefficient (Wildman–Crippen LogP) is 2.80. The largest absolute Gasteiger partial charge is 0.325 e. The lowest BCUT2D eigenvalue weighted by molar-refractivity contribution is -0.121. The lowest BCUT2D eigenvalue weighted by Crippen LogP contribution is -2.50. The van der Waals surface area contributed by atoms with E-state index in [1.54, 1.807) is 24.4 Å². The van der Waals surface area contributed by atoms with Crippen LogP contribution in [-0.4, -0.2) is 44.4 Å². The molecule has 1 aromatic carbocycles. The van der Waals surface area contributed by atoms with Crippen molar-refractivity contribution in [2.24, 2.45) is 0 Å². The van der Waals surface area contributed by atoms with E-state index in [-0.39, 0.29) is 21.8 Å². The third-order valence-electron chi connectivity index (χ3n) is 4.73. The zero-order chi connectivity index (χ0) is 20.3. The smallest absolute Gasteiger partial charge is 0.250 e. The molecule has 0 aliphatic carbocycles. The fourth-order valence-electron chi connectivity index (χ4n) is 3.08. The highest BCUT2D eigenvalue weighted by Gasteiger charge is 2.29. The number of sulfonamides is 1. The highest BCUT2D eigenvalue weighted by atomic mass is 32.2. The second kappa shape index (κ2) is 8.64. The average Bonchev–Trinajstić information content (AvgIpc) is 3.20. The highest BCUT2D eigenvalue weighted by Crippen LogP contribution is 2.20. The van der Waals surface area contributed by atoms with Crippen LogP contribution in [0.1, 0.15) is 19.8 Å². The highest BCUT2D eigenvalue weighted by molar-refractivity contribution is 7.91. The van der Waals surface area contributed by atoms with Crippen LogP contribution in [-0.2, 0) is 14.8 Å². The molecule has 2 N–H and O–H groups in total. The Morgan fingerprint density at radius 1 is 1.21 bits per heavy atom. The van der Waals surface area contributed by atoms with E-state index in [1.807, 2.05) is 4.90 Å². The summed E-state index contributed by atoms with van der Waals surface area (Å²) in [5.41, 5.74) is 0.189. The monoisotopic (exact) mass is 429 g/mol. The molecule has 3 rings (SSSR count). The minimum atomic E-state index is -3.51. The van der Waals surface area contributed by atoms with Crippen LogP contribution in [0.25, 0.3) is 0 Å². The first-order chi connectivity index (χ1) is 13.3. The molecule has 0 unspecified atom stereocenters. The average molecular weight is 430 g/mol. The van der Waals surface area contributed by atoms with Crippen molar-refractivity contribution in [1.29, 1.82) is 0 Å². The fourth-order valence-corrected chi connectivity index (χ4v) is 5.40. The predicted molar refractivity (Wildman–Crippen MR) is 104 cm³/mol. The van der Waals surface area contributed by atoms with Crippen molar-refractivity contribution in [3.05, 3.63) is 47.3 Å². The number of hydrogen-bond donors (Lipinski definition) is 2. The molecule has 1 atom stereocenters. The lowest BCUT2D eigenvalue weighted by atomic mass is 10.0. The van der Waals surface area contributed by atoms with Gasteiger partial charge < -0.3 is 5.32 Å². The molecule has 2 aromatic rings. The Labute approximate surface area is 166 Å². The Morgan fingerprint density at radius 3 is 2.54 bits per heavy atom. The molecule has 152 valence electrons. The maximum Gasteiger partial charge on any atom is 0.250 e. The summed E-state index contributed by atoms with van der Waals surface area (Å²) in [7, 11) is -3.51. The molecule has 1 aliphatic rings. The Balaban J connectivity index is 1.52. The molecule has 10 heteroatoms. The molecular weight excluding hydrogens is 408 g/mol. The van der Waals surface area contributed by atoms with Crippen molar-refractivity contribution >= 4 is 33.0 Å². The number of nitrogens with zero attached hydrogens (tertiary/aromatic N) is 1. The van der Waals surface area contributed by atoms with E-state index in [2.05, 4.69) is 10.0 Å². The van der Waals surface area contributed by atoms with E-state index < -0.39 is 27.7 Å². The number of halogens is 2. The number of thiophene rings is 1. The lowest BCUT2D eigenvalue weighted by Gasteiger charge is -2.35. The maximum absolute atomic E-state index is 13.3. The van der Waals surface area contributed by atoms with Crippen LogP contribution in [0.2, 0.25) is 0 Å². The van der Waals surface area contributed by atoms with Gasteiger partial charge in [-0.25, -0.2) is 21.9 Å². The molecule has 2 heterocycles. The minimum Gasteiger partial charge on any atom is -0.325 e. The third kappa shape index (κ3) is 4.93. The molecule has 0 saturated carbocycles. The van der Waals surface area contributed by atoms with Crippen LogP contribution in [0.4, 0.5) is 14.5 Å². The summed E-state index contributed by atoms with van der Waals surface area (Å²) >= 11 is 1.17. The van der Waals surface area contributed by atoms with E-state index in [1.165, 1.54) is 17.4 Å². The summed E-state index contributed by atoms with van der Waals surface area (Å²) in [4.78, 5) is 14.3. The number of anilines is 1. The molecule has 1 fully saturated rings. The number of benzene rings is 1. The van der Waals surface area contributed by atoms with Gasteiger partial charge in [0.25, 0.3) is 0 Å². The van der Waals surface area contributed by atoms with Crippen molar-refractivity contribution in [3.8, 4) is 0 Å². The minimum absolute atomic E-state index is 0.189. The number of carbonyl (C=O) groups excluding carboxylic acids is 1. The molecule has 0 radical (unpaired) electrons. The topological polar surface area (TPSA) is 78.5 Å². The summed E-state index contributed by atoms with van der Waals surface area (Å²) in [5.74, 6) is -2.33. The van der Waals surface area contributed by atoms with Gasteiger partial charge in [-0.05, 0) is 43.3 Å². The van der Waals surface area contributed by atoms with Gasteiger partial charge in [0, 0.05) is 30.9 Å². The van der Waals surface area contributed by atoms with Crippen LogP contribution in [0, 0.1) is 11.6 Å². The quantitative estimate of drug-likeness (QED) is 0.740. The molecule has 1 amide bonds. The first-order valence-electron chi connectivity index (χ1n) is 8.82. The Morgan fingerprint density at radius 2 is 1.93 bits per heavy atom. The standard InChI is InChI=1S/C18H21F2N3O3S2/c1-12(18(24)21-14-4-5-15(19)16(20)11-14)23-8-6-13(7-9-23)22-28(25,26)17-3-2-10-27-17/h2-5,10-13,22H,6-9H2,1H3,(H,21,24)/t12-/m0/s1. The molecule has 0 spiro atoms. The molecule has 1 aliphatic heterocycles. The second-order valence-electron chi connectivity index (χ2n) is 6.66. The van der Waals surface area contributed by atoms with E-state index in [9.17, 15) is 22.0 Å². The van der Waals surface area contributed by atoms with E-state index in [0.29, 0.717) is 25.9 Å². The van der Waals surface area contributed by atoms with Crippen molar-refractivity contribution in [2.45, 2.75) is 36.1 Å². The fraction of sp³-hybridized carbons (Fsp3) is 0.389. The maximum atomic E-state index is 13.3. The van der Waals surface area contributed by atoms with Gasteiger partial charge in [0.2, 0.25) is 15.9 Å². The Bertz CT molecular complexity index is 928. The molecule has 0 bridgehead atoms. The van der Waals surface area contributed by atoms with Crippen LogP contribution in [0.15, 0.2) is 39.9 Å². The number of carbonyl (C=O) groups is 1. The molecule has 1 saturated heterocycles. The van der Waals surface area contributed by atoms with Crippen LogP contribution in [0.5, 0.6) is 0 Å². The van der Waals surface area contributed by atoms with Gasteiger partial charge in [0.05, 0.1) is 6.04 Å². The number of piperidine rings is 1. The number of likely N-dealkylation sites (tertiary alicyclic amines) is 1. The number of rotatable bonds is 6. The van der Waals surface area contributed by atoms with Gasteiger partial charge in [0.15, 0.2) is 11.6 Å². The summed E-state index contributed by atoms with van der Waals surface area (Å²) in [6.07, 6.45) is 1.15. The van der Waals surface area contributed by atoms with Crippen LogP contribution >= 0.6 is 11.3 Å². The van der Waals surface area contributed by atoms with Crippen molar-refractivity contribution in [1.82, 2.24) is 9.62 Å². The number of amides is 1. The molecule has 28 heavy (non-hydrogen) atoms. The molecular formula is C18H21F2N3O3S2. The van der Waals surface area contributed by atoms with Gasteiger partial charge in [0.1, 0.15) is 4.21 Å². The summed E-state index contributed by atoms with van der Waals surface area (Å²) < 4.78 is 53.9. The van der Waals surface area contributed by atoms with Gasteiger partial charge in [-0.15, -0.1) is 11.3 Å². The van der Waals surface area contributed by atoms with Gasteiger partial charge in [-0.1, -0.05) is 6.07 Å². The van der Waals surface area contributed by atoms with Gasteiger partial charge >= 0.3 is 0 Å². The first kappa shape index (κ1) is 20.8. The SMILES string of the molecule is C[C@@H](C(=O)Nc1ccc(F)c(F)c1)N1CCC(NS(=O)(=O)c2cccs2)CC1. The third-order valence-corrected chi connectivity index (χ3v) is 7.64. The van der Waals surface area contributed by atoms with Crippen molar-refractivity contribution in [3.63, 3.8) is 0 Å². The van der Waals surface area contributed by atoms with E-state index in [0.717, 1.165) is 12.1 Å². The molecule has 1 aromatic heterocycles. The zero-order valence-electron chi connectivity index (χ0n) is 15.2. The van der Waals surface area contributed by atoms with Crippen molar-refractivity contribution in [2.75, 3.05) is 18.4 Å². The summed E-state index contributed by atoms with van der Waals surface area (Å²) in [6.45, 7) is 2.82. The first-order valence-corrected chi connectivity index (χ1v) is 11.2. The number of nitrogens with one attached hydrogen (secondary N) is 2. The molecule has 6 nitrogen and oxygen atoms in total. The summed E-state index contributed by atoms with van der Waals surface area (Å²) in [6, 6.07) is 5.77. The Kier molecular flexibility index (Phi) is 6.43. The zero-order valence-corrected chi connectivity index (χ0v) is 16.8. The van der Waals surface area contributed by atoms with Gasteiger partial charge in [-0.3, -0.25) is 9.69 Å². The number of hydrogen-bond acceptors (Lipinski definition) is 5. The van der Waals surface area contributed by atoms with Crippen molar-refractivity contribution < 1.29 is 22.0 Å². The summed E-state index contributed by atoms with van der Waals surface area (Å²) in [5, 5.41) is 4.29. The normalized spacial score (nSPS) is 17.4. The van der Waals surface area contributed by atoms with Crippen LogP contribution < -0.4 is 10.0 Å². The second-order valence-corrected chi connectivity index (χ2v) is 9.55.